The normalized spacial score (nSPS) is 16.8. The Morgan fingerprint density at radius 1 is 0.897 bits per heavy atom. The Labute approximate surface area is 237 Å². The summed E-state index contributed by atoms with van der Waals surface area (Å²) in [5.74, 6) is 0.702. The highest BCUT2D eigenvalue weighted by Crippen LogP contribution is 2.29. The number of morpholine rings is 1. The van der Waals surface area contributed by atoms with Crippen LogP contribution < -0.4 is 15.5 Å². The van der Waals surface area contributed by atoms with Gasteiger partial charge in [-0.05, 0) is 56.3 Å². The SMILES string of the molecule is CCCCCCCCCCCC(=O)Nc1ccc(N2CCC(C)CC2)c(C(=O)NCCCN2CCOCC2)c1. The van der Waals surface area contributed by atoms with E-state index in [0.29, 0.717) is 24.2 Å². The number of ether oxygens (including phenoxy) is 1. The van der Waals surface area contributed by atoms with E-state index in [0.717, 1.165) is 89.6 Å². The van der Waals surface area contributed by atoms with Crippen LogP contribution in [0.5, 0.6) is 0 Å². The zero-order valence-corrected chi connectivity index (χ0v) is 24.8. The minimum absolute atomic E-state index is 0.0364. The molecule has 2 N–H and O–H groups in total. The van der Waals surface area contributed by atoms with E-state index >= 15 is 0 Å². The summed E-state index contributed by atoms with van der Waals surface area (Å²) in [7, 11) is 0. The Balaban J connectivity index is 1.48. The molecule has 0 aliphatic carbocycles. The van der Waals surface area contributed by atoms with Gasteiger partial charge in [0, 0.05) is 50.5 Å². The van der Waals surface area contributed by atoms with Gasteiger partial charge in [0.2, 0.25) is 5.91 Å². The highest BCUT2D eigenvalue weighted by molar-refractivity contribution is 6.02. The monoisotopic (exact) mass is 542 g/mol. The molecular weight excluding hydrogens is 488 g/mol. The number of rotatable bonds is 17. The van der Waals surface area contributed by atoms with Crippen LogP contribution in [0.2, 0.25) is 0 Å². The maximum atomic E-state index is 13.3. The van der Waals surface area contributed by atoms with Gasteiger partial charge in [-0.1, -0.05) is 65.2 Å². The van der Waals surface area contributed by atoms with Crippen LogP contribution in [0, 0.1) is 5.92 Å². The summed E-state index contributed by atoms with van der Waals surface area (Å²) in [4.78, 5) is 30.7. The smallest absolute Gasteiger partial charge is 0.253 e. The lowest BCUT2D eigenvalue weighted by atomic mass is 9.97. The molecule has 2 aliphatic rings. The topological polar surface area (TPSA) is 73.9 Å². The Hall–Kier alpha value is -2.12. The fourth-order valence-electron chi connectivity index (χ4n) is 5.57. The molecule has 7 nitrogen and oxygen atoms in total. The second-order valence-electron chi connectivity index (χ2n) is 11.6. The summed E-state index contributed by atoms with van der Waals surface area (Å²) in [5, 5.41) is 6.19. The van der Waals surface area contributed by atoms with Gasteiger partial charge in [-0.25, -0.2) is 0 Å². The number of hydrogen-bond donors (Lipinski definition) is 2. The van der Waals surface area contributed by atoms with Crippen molar-refractivity contribution in [3.63, 3.8) is 0 Å². The molecule has 0 saturated carbocycles. The summed E-state index contributed by atoms with van der Waals surface area (Å²) in [5.41, 5.74) is 2.35. The van der Waals surface area contributed by atoms with E-state index < -0.39 is 0 Å². The standard InChI is InChI=1S/C32H54N4O3/c1-3-4-5-6-7-8-9-10-11-13-31(37)34-28-14-15-30(36-20-16-27(2)17-21-36)29(26-28)32(38)33-18-12-19-35-22-24-39-25-23-35/h14-15,26-27H,3-13,16-25H2,1-2H3,(H,33,38)(H,34,37). The predicted molar refractivity (Wildman–Crippen MR) is 162 cm³/mol. The Morgan fingerprint density at radius 2 is 1.56 bits per heavy atom. The molecule has 2 aliphatic heterocycles. The van der Waals surface area contributed by atoms with Crippen LogP contribution in [0.3, 0.4) is 0 Å². The van der Waals surface area contributed by atoms with Crippen molar-refractivity contribution >= 4 is 23.2 Å². The quantitative estimate of drug-likeness (QED) is 0.228. The van der Waals surface area contributed by atoms with Gasteiger partial charge in [-0.15, -0.1) is 0 Å². The van der Waals surface area contributed by atoms with E-state index in [4.69, 9.17) is 4.74 Å². The number of carbonyl (C=O) groups is 2. The molecule has 2 heterocycles. The zero-order chi connectivity index (χ0) is 27.7. The summed E-state index contributed by atoms with van der Waals surface area (Å²) in [6.45, 7) is 11.6. The Bertz CT molecular complexity index is 848. The fraction of sp³-hybridized carbons (Fsp3) is 0.750. The average molecular weight is 543 g/mol. The van der Waals surface area contributed by atoms with Gasteiger partial charge in [0.25, 0.3) is 5.91 Å². The molecule has 0 aromatic heterocycles. The molecule has 3 rings (SSSR count). The van der Waals surface area contributed by atoms with Crippen molar-refractivity contribution < 1.29 is 14.3 Å². The van der Waals surface area contributed by atoms with E-state index in [1.54, 1.807) is 0 Å². The van der Waals surface area contributed by atoms with Gasteiger partial charge in [-0.2, -0.15) is 0 Å². The van der Waals surface area contributed by atoms with Crippen LogP contribution in [-0.4, -0.2) is 69.2 Å². The van der Waals surface area contributed by atoms with Gasteiger partial charge in [-0.3, -0.25) is 14.5 Å². The van der Waals surface area contributed by atoms with E-state index in [1.165, 1.54) is 44.9 Å². The first-order valence-electron chi connectivity index (χ1n) is 15.8. The second kappa shape index (κ2) is 18.3. The lowest BCUT2D eigenvalue weighted by Crippen LogP contribution is -2.38. The lowest BCUT2D eigenvalue weighted by Gasteiger charge is -2.33. The molecule has 0 atom stereocenters. The van der Waals surface area contributed by atoms with Crippen molar-refractivity contribution in [1.82, 2.24) is 10.2 Å². The van der Waals surface area contributed by atoms with Crippen LogP contribution in [0.25, 0.3) is 0 Å². The highest BCUT2D eigenvalue weighted by Gasteiger charge is 2.22. The molecule has 220 valence electrons. The van der Waals surface area contributed by atoms with Gasteiger partial charge >= 0.3 is 0 Å². The van der Waals surface area contributed by atoms with E-state index in [9.17, 15) is 9.59 Å². The summed E-state index contributed by atoms with van der Waals surface area (Å²) in [6, 6.07) is 5.85. The van der Waals surface area contributed by atoms with Gasteiger partial charge in [0.15, 0.2) is 0 Å². The molecule has 0 bridgehead atoms. The van der Waals surface area contributed by atoms with E-state index in [1.807, 2.05) is 18.2 Å². The van der Waals surface area contributed by atoms with Crippen molar-refractivity contribution in [2.75, 3.05) is 62.7 Å². The third-order valence-corrected chi connectivity index (χ3v) is 8.20. The molecule has 2 amide bonds. The average Bonchev–Trinajstić information content (AvgIpc) is 2.95. The van der Waals surface area contributed by atoms with Crippen LogP contribution >= 0.6 is 0 Å². The highest BCUT2D eigenvalue weighted by atomic mass is 16.5. The number of benzene rings is 1. The number of amides is 2. The maximum Gasteiger partial charge on any atom is 0.253 e. The van der Waals surface area contributed by atoms with Crippen molar-refractivity contribution in [3.05, 3.63) is 23.8 Å². The molecule has 0 radical (unpaired) electrons. The lowest BCUT2D eigenvalue weighted by molar-refractivity contribution is -0.116. The number of nitrogens with zero attached hydrogens (tertiary/aromatic N) is 2. The Kier molecular flexibility index (Phi) is 14.7. The molecule has 1 aromatic carbocycles. The van der Waals surface area contributed by atoms with Crippen LogP contribution in [0.4, 0.5) is 11.4 Å². The minimum Gasteiger partial charge on any atom is -0.379 e. The summed E-state index contributed by atoms with van der Waals surface area (Å²) >= 11 is 0. The minimum atomic E-state index is -0.0550. The van der Waals surface area contributed by atoms with Crippen LogP contribution in [0.1, 0.15) is 108 Å². The molecular formula is C32H54N4O3. The maximum absolute atomic E-state index is 13.3. The molecule has 0 spiro atoms. The summed E-state index contributed by atoms with van der Waals surface area (Å²) in [6.07, 6.45) is 14.9. The van der Waals surface area contributed by atoms with Crippen molar-refractivity contribution in [2.24, 2.45) is 5.92 Å². The van der Waals surface area contributed by atoms with Crippen molar-refractivity contribution in [2.45, 2.75) is 97.3 Å². The molecule has 1 aromatic rings. The number of nitrogens with one attached hydrogen (secondary N) is 2. The van der Waals surface area contributed by atoms with Crippen LogP contribution in [0.15, 0.2) is 18.2 Å². The summed E-state index contributed by atoms with van der Waals surface area (Å²) < 4.78 is 5.42. The van der Waals surface area contributed by atoms with Crippen molar-refractivity contribution in [1.29, 1.82) is 0 Å². The molecule has 2 saturated heterocycles. The fourth-order valence-corrected chi connectivity index (χ4v) is 5.57. The molecule has 2 fully saturated rings. The van der Waals surface area contributed by atoms with E-state index in [2.05, 4.69) is 34.3 Å². The van der Waals surface area contributed by atoms with E-state index in [-0.39, 0.29) is 11.8 Å². The number of carbonyl (C=O) groups excluding carboxylic acids is 2. The second-order valence-corrected chi connectivity index (χ2v) is 11.6. The zero-order valence-electron chi connectivity index (χ0n) is 24.8. The first-order chi connectivity index (χ1) is 19.1. The van der Waals surface area contributed by atoms with Crippen LogP contribution in [-0.2, 0) is 9.53 Å². The first kappa shape index (κ1) is 31.4. The number of piperidine rings is 1. The van der Waals surface area contributed by atoms with Gasteiger partial charge in [0.05, 0.1) is 18.8 Å². The van der Waals surface area contributed by atoms with Gasteiger partial charge in [0.1, 0.15) is 0 Å². The van der Waals surface area contributed by atoms with Gasteiger partial charge < -0.3 is 20.3 Å². The molecule has 39 heavy (non-hydrogen) atoms. The van der Waals surface area contributed by atoms with Crippen molar-refractivity contribution in [3.8, 4) is 0 Å². The number of unbranched alkanes of at least 4 members (excludes halogenated alkanes) is 8. The Morgan fingerprint density at radius 3 is 2.26 bits per heavy atom. The number of hydrogen-bond acceptors (Lipinski definition) is 5. The third kappa shape index (κ3) is 11.9. The predicted octanol–water partition coefficient (Wildman–Crippen LogP) is 6.23. The number of anilines is 2. The largest absolute Gasteiger partial charge is 0.379 e. The molecule has 7 heteroatoms. The third-order valence-electron chi connectivity index (χ3n) is 8.20. The first-order valence-corrected chi connectivity index (χ1v) is 15.8. The molecule has 0 unspecified atom stereocenters.